The molecular weight excluding hydrogens is 457 g/mol. The molecule has 3 rings (SSSR count). The Bertz CT molecular complexity index is 830. The highest BCUT2D eigenvalue weighted by Gasteiger charge is 2.38. The molecule has 0 radical (unpaired) electrons. The van der Waals surface area contributed by atoms with E-state index in [2.05, 4.69) is 31.6 Å². The van der Waals surface area contributed by atoms with Crippen LogP contribution >= 0.6 is 22.3 Å². The number of likely N-dealkylation sites (N-methyl/N-ethyl adjacent to an activating group) is 1. The van der Waals surface area contributed by atoms with Crippen LogP contribution in [-0.2, 0) is 6.18 Å². The summed E-state index contributed by atoms with van der Waals surface area (Å²) in [6.45, 7) is 8.03. The van der Waals surface area contributed by atoms with Crippen molar-refractivity contribution in [1.29, 1.82) is 0 Å². The summed E-state index contributed by atoms with van der Waals surface area (Å²) in [5.74, 6) is 0.916. The van der Waals surface area contributed by atoms with Crippen molar-refractivity contribution < 1.29 is 22.5 Å². The van der Waals surface area contributed by atoms with Gasteiger partial charge in [0, 0.05) is 24.4 Å². The van der Waals surface area contributed by atoms with Crippen LogP contribution in [0, 0.1) is 11.8 Å². The lowest BCUT2D eigenvalue weighted by molar-refractivity contribution is -0.139. The first-order valence-corrected chi connectivity index (χ1v) is 14.0. The third kappa shape index (κ3) is 6.52. The number of allylic oxidation sites excluding steroid dienone is 1. The zero-order valence-electron chi connectivity index (χ0n) is 19.5. The fourth-order valence-corrected chi connectivity index (χ4v) is 7.58. The number of ether oxygens (including phenoxy) is 1. The Morgan fingerprint density at radius 1 is 1.34 bits per heavy atom. The number of thioether (sulfide) groups is 1. The summed E-state index contributed by atoms with van der Waals surface area (Å²) in [4.78, 5) is 2.05. The molecule has 0 aliphatic carbocycles. The average molecular weight is 494 g/mol. The van der Waals surface area contributed by atoms with Gasteiger partial charge in [0.25, 0.3) is 0 Å². The molecule has 1 fully saturated rings. The van der Waals surface area contributed by atoms with Gasteiger partial charge in [-0.15, -0.1) is 11.8 Å². The Kier molecular flexibility index (Phi) is 8.06. The van der Waals surface area contributed by atoms with Gasteiger partial charge in [0.15, 0.2) is 0 Å². The third-order valence-corrected chi connectivity index (χ3v) is 9.95. The first-order chi connectivity index (χ1) is 14.8. The molecule has 2 aliphatic heterocycles. The SMILES string of the molecule is CC(C)CCC1C=C(S(C)([OH2+])Nc2ccc(C(F)(F)F)c(OC3CCN(C)C3)c2)SC1C. The van der Waals surface area contributed by atoms with Gasteiger partial charge in [-0.05, 0) is 43.9 Å². The molecule has 1 aromatic carbocycles. The second kappa shape index (κ2) is 10.1. The Hall–Kier alpha value is -1.03. The summed E-state index contributed by atoms with van der Waals surface area (Å²) in [6.07, 6.45) is 2.24. The van der Waals surface area contributed by atoms with E-state index in [1.165, 1.54) is 12.1 Å². The minimum Gasteiger partial charge on any atom is -0.488 e. The van der Waals surface area contributed by atoms with E-state index in [1.54, 1.807) is 11.8 Å². The molecule has 0 amide bonds. The molecular formula is C23H36F3N2O2S2+. The van der Waals surface area contributed by atoms with Gasteiger partial charge in [0.2, 0.25) is 0 Å². The normalized spacial score (nSPS) is 27.3. The molecule has 4 nitrogen and oxygen atoms in total. The van der Waals surface area contributed by atoms with E-state index in [9.17, 15) is 13.2 Å². The second-order valence-corrected chi connectivity index (χ2v) is 13.6. The summed E-state index contributed by atoms with van der Waals surface area (Å²) < 4.78 is 59.7. The molecule has 4 unspecified atom stereocenters. The monoisotopic (exact) mass is 493 g/mol. The molecule has 2 aliphatic rings. The maximum Gasteiger partial charge on any atom is 0.419 e. The molecule has 1 saturated heterocycles. The van der Waals surface area contributed by atoms with Gasteiger partial charge in [-0.2, -0.15) is 13.2 Å². The fraction of sp³-hybridized carbons (Fsp3) is 0.652. The lowest BCUT2D eigenvalue weighted by Crippen LogP contribution is -2.23. The predicted octanol–water partition coefficient (Wildman–Crippen LogP) is 6.22. The highest BCUT2D eigenvalue weighted by atomic mass is 32.3. The van der Waals surface area contributed by atoms with Gasteiger partial charge in [0.1, 0.15) is 16.1 Å². The predicted molar refractivity (Wildman–Crippen MR) is 131 cm³/mol. The fourth-order valence-electron chi connectivity index (χ4n) is 4.07. The highest BCUT2D eigenvalue weighted by molar-refractivity contribution is 8.41. The number of likely N-dealkylation sites (tertiary alicyclic amines) is 1. The molecule has 4 atom stereocenters. The molecule has 182 valence electrons. The molecule has 2 heterocycles. The molecule has 9 heteroatoms. The van der Waals surface area contributed by atoms with E-state index in [1.807, 2.05) is 18.2 Å². The lowest BCUT2D eigenvalue weighted by atomic mass is 9.96. The van der Waals surface area contributed by atoms with Crippen LogP contribution in [-0.4, -0.2) is 47.2 Å². The van der Waals surface area contributed by atoms with Crippen molar-refractivity contribution in [3.63, 3.8) is 0 Å². The quantitative estimate of drug-likeness (QED) is 0.437. The van der Waals surface area contributed by atoms with E-state index >= 15 is 0 Å². The zero-order valence-corrected chi connectivity index (χ0v) is 21.1. The van der Waals surface area contributed by atoms with Gasteiger partial charge in [-0.25, -0.2) is 0 Å². The van der Waals surface area contributed by atoms with Crippen LogP contribution < -0.4 is 9.46 Å². The first-order valence-electron chi connectivity index (χ1n) is 11.1. The third-order valence-electron chi connectivity index (χ3n) is 5.99. The van der Waals surface area contributed by atoms with Gasteiger partial charge in [0.05, 0.1) is 28.0 Å². The van der Waals surface area contributed by atoms with E-state index < -0.39 is 22.2 Å². The first kappa shape index (κ1) is 25.6. The minimum absolute atomic E-state index is 0.158. The summed E-state index contributed by atoms with van der Waals surface area (Å²) in [6, 6.07) is 3.90. The van der Waals surface area contributed by atoms with Crippen LogP contribution in [0.1, 0.15) is 45.6 Å². The zero-order chi connectivity index (χ0) is 23.7. The Labute approximate surface area is 195 Å². The Balaban J connectivity index is 1.78. The highest BCUT2D eigenvalue weighted by Crippen LogP contribution is 2.59. The van der Waals surface area contributed by atoms with Crippen LogP contribution in [0.25, 0.3) is 0 Å². The van der Waals surface area contributed by atoms with Crippen molar-refractivity contribution in [3.05, 3.63) is 34.1 Å². The van der Waals surface area contributed by atoms with Crippen molar-refractivity contribution in [2.75, 3.05) is 31.1 Å². The van der Waals surface area contributed by atoms with E-state index in [4.69, 9.17) is 9.29 Å². The molecule has 1 aromatic rings. The molecule has 0 bridgehead atoms. The molecule has 0 aromatic heterocycles. The van der Waals surface area contributed by atoms with Crippen molar-refractivity contribution in [1.82, 2.24) is 4.90 Å². The number of benzene rings is 1. The number of hydrogen-bond acceptors (Lipinski definition) is 4. The van der Waals surface area contributed by atoms with Crippen molar-refractivity contribution >= 4 is 27.9 Å². The number of anilines is 1. The standard InChI is InChI=1S/C23H35F3N2O2S2/c1-15(2)6-7-17-12-22(31-16(17)3)32(5,29)27-18-8-9-20(23(24,25)26)21(13-18)30-19-10-11-28(4)14-19/h8-9,12-13,15-17,19,27,29H,6-7,10-11,14H2,1-5H3/p+1. The lowest BCUT2D eigenvalue weighted by Gasteiger charge is -2.28. The van der Waals surface area contributed by atoms with Crippen LogP contribution in [0.3, 0.4) is 0 Å². The van der Waals surface area contributed by atoms with E-state index in [0.29, 0.717) is 35.7 Å². The van der Waals surface area contributed by atoms with E-state index in [-0.39, 0.29) is 11.9 Å². The maximum absolute atomic E-state index is 13.6. The molecule has 3 N–H and O–H groups in total. The average Bonchev–Trinajstić information content (AvgIpc) is 3.24. The summed E-state index contributed by atoms with van der Waals surface area (Å²) in [7, 11) is -0.206. The largest absolute Gasteiger partial charge is 0.488 e. The van der Waals surface area contributed by atoms with Crippen LogP contribution in [0.5, 0.6) is 5.75 Å². The summed E-state index contributed by atoms with van der Waals surface area (Å²) in [5.41, 5.74) is -0.275. The second-order valence-electron chi connectivity index (χ2n) is 9.46. The van der Waals surface area contributed by atoms with Crippen LogP contribution in [0.15, 0.2) is 28.5 Å². The van der Waals surface area contributed by atoms with Gasteiger partial charge < -0.3 is 14.2 Å². The maximum atomic E-state index is 13.6. The van der Waals surface area contributed by atoms with Crippen molar-refractivity contribution in [2.45, 2.75) is 57.6 Å². The minimum atomic E-state index is -4.49. The van der Waals surface area contributed by atoms with Crippen LogP contribution in [0.4, 0.5) is 18.9 Å². The number of rotatable bonds is 8. The van der Waals surface area contributed by atoms with Gasteiger partial charge in [-0.3, -0.25) is 4.72 Å². The Morgan fingerprint density at radius 3 is 2.66 bits per heavy atom. The molecule has 0 spiro atoms. The molecule has 32 heavy (non-hydrogen) atoms. The molecule has 0 saturated carbocycles. The van der Waals surface area contributed by atoms with Crippen LogP contribution in [0.2, 0.25) is 0 Å². The number of nitrogens with one attached hydrogen (secondary N) is 1. The van der Waals surface area contributed by atoms with Gasteiger partial charge >= 0.3 is 6.18 Å². The number of halogens is 3. The van der Waals surface area contributed by atoms with Crippen molar-refractivity contribution in [3.8, 4) is 5.75 Å². The number of hydrogen-bond donors (Lipinski definition) is 1. The number of nitrogens with zero attached hydrogens (tertiary/aromatic N) is 1. The number of alkyl halides is 3. The van der Waals surface area contributed by atoms with E-state index in [0.717, 1.165) is 29.7 Å². The van der Waals surface area contributed by atoms with Crippen molar-refractivity contribution in [2.24, 2.45) is 11.8 Å². The van der Waals surface area contributed by atoms with Gasteiger partial charge in [-0.1, -0.05) is 33.3 Å². The Morgan fingerprint density at radius 2 is 2.06 bits per heavy atom. The summed E-state index contributed by atoms with van der Waals surface area (Å²) >= 11 is 1.72. The smallest absolute Gasteiger partial charge is 0.419 e. The topological polar surface area (TPSA) is 47.4 Å². The summed E-state index contributed by atoms with van der Waals surface area (Å²) in [5, 5.41) is 0.411.